The molecule has 2 fully saturated rings. The topological polar surface area (TPSA) is 69.7 Å². The fourth-order valence-corrected chi connectivity index (χ4v) is 6.53. The molecule has 5 nitrogen and oxygen atoms in total. The Bertz CT molecular complexity index is 870. The van der Waals surface area contributed by atoms with Gasteiger partial charge < -0.3 is 9.47 Å². The number of Topliss-reactive ketones (excluding diaryl/α,β-unsaturated/α-hetero) is 1. The van der Waals surface area contributed by atoms with E-state index in [9.17, 15) is 14.4 Å². The average Bonchev–Trinajstić information content (AvgIpc) is 3.00. The van der Waals surface area contributed by atoms with Gasteiger partial charge in [-0.05, 0) is 67.4 Å². The minimum absolute atomic E-state index is 0.0422. The maximum Gasteiger partial charge on any atom is 0.308 e. The van der Waals surface area contributed by atoms with Crippen molar-refractivity contribution in [3.63, 3.8) is 0 Å². The van der Waals surface area contributed by atoms with E-state index < -0.39 is 0 Å². The van der Waals surface area contributed by atoms with E-state index in [1.807, 2.05) is 0 Å². The van der Waals surface area contributed by atoms with Gasteiger partial charge in [0.2, 0.25) is 0 Å². The van der Waals surface area contributed by atoms with Crippen LogP contribution in [0.5, 0.6) is 11.5 Å². The molecule has 0 heterocycles. The molecule has 0 N–H and O–H groups in total. The lowest BCUT2D eigenvalue weighted by molar-refractivity contribution is -0.135. The van der Waals surface area contributed by atoms with Crippen molar-refractivity contribution in [3.8, 4) is 11.5 Å². The van der Waals surface area contributed by atoms with Gasteiger partial charge in [-0.1, -0.05) is 13.8 Å². The highest BCUT2D eigenvalue weighted by molar-refractivity contribution is 5.84. The summed E-state index contributed by atoms with van der Waals surface area (Å²) in [6, 6.07) is 3.41. The fourth-order valence-electron chi connectivity index (χ4n) is 6.53. The summed E-state index contributed by atoms with van der Waals surface area (Å²) in [7, 11) is 0. The third kappa shape index (κ3) is 3.28. The Morgan fingerprint density at radius 3 is 2.24 bits per heavy atom. The molecule has 0 aliphatic heterocycles. The number of ether oxygens (including phenoxy) is 2. The van der Waals surface area contributed by atoms with Crippen molar-refractivity contribution in [2.45, 2.75) is 66.2 Å². The van der Waals surface area contributed by atoms with Crippen LogP contribution in [0.3, 0.4) is 0 Å². The number of carbonyl (C=O) groups is 3. The van der Waals surface area contributed by atoms with Crippen molar-refractivity contribution in [1.82, 2.24) is 0 Å². The van der Waals surface area contributed by atoms with E-state index in [2.05, 4.69) is 13.8 Å². The molecule has 29 heavy (non-hydrogen) atoms. The van der Waals surface area contributed by atoms with Crippen molar-refractivity contribution in [2.24, 2.45) is 29.1 Å². The number of rotatable bonds is 3. The Balaban J connectivity index is 1.83. The SMILES string of the molecule is CC(=O)Oc1ccc(OC(C)=O)c2c1CC1C(=O)CCC3C(C(C)C)CCC13C2. The van der Waals surface area contributed by atoms with Gasteiger partial charge in [-0.3, -0.25) is 14.4 Å². The Kier molecular flexibility index (Phi) is 5.04. The highest BCUT2D eigenvalue weighted by atomic mass is 16.5. The monoisotopic (exact) mass is 398 g/mol. The first-order valence-corrected chi connectivity index (χ1v) is 10.8. The van der Waals surface area contributed by atoms with Crippen LogP contribution in [0.15, 0.2) is 12.1 Å². The van der Waals surface area contributed by atoms with Gasteiger partial charge in [0, 0.05) is 37.3 Å². The molecule has 4 rings (SSSR count). The molecule has 1 aromatic rings. The van der Waals surface area contributed by atoms with Gasteiger partial charge in [-0.15, -0.1) is 0 Å². The van der Waals surface area contributed by atoms with E-state index in [0.717, 1.165) is 30.4 Å². The van der Waals surface area contributed by atoms with Crippen LogP contribution in [0, 0.1) is 29.1 Å². The lowest BCUT2D eigenvalue weighted by Crippen LogP contribution is -2.49. The maximum atomic E-state index is 13.1. The number of hydrogen-bond acceptors (Lipinski definition) is 5. The van der Waals surface area contributed by atoms with Crippen LogP contribution < -0.4 is 9.47 Å². The number of fused-ring (bicyclic) bond motifs is 1. The highest BCUT2D eigenvalue weighted by Gasteiger charge is 2.59. The third-order valence-electron chi connectivity index (χ3n) is 7.61. The van der Waals surface area contributed by atoms with Crippen LogP contribution in [0.4, 0.5) is 0 Å². The zero-order valence-electron chi connectivity index (χ0n) is 17.7. The van der Waals surface area contributed by atoms with Crippen LogP contribution >= 0.6 is 0 Å². The van der Waals surface area contributed by atoms with Crippen molar-refractivity contribution >= 4 is 17.7 Å². The van der Waals surface area contributed by atoms with E-state index in [1.165, 1.54) is 13.8 Å². The molecule has 1 aromatic carbocycles. The summed E-state index contributed by atoms with van der Waals surface area (Å²) in [4.78, 5) is 36.4. The van der Waals surface area contributed by atoms with Crippen LogP contribution in [-0.4, -0.2) is 17.7 Å². The highest BCUT2D eigenvalue weighted by Crippen LogP contribution is 2.63. The summed E-state index contributed by atoms with van der Waals surface area (Å²) in [5, 5.41) is 0. The molecule has 0 radical (unpaired) electrons. The number of ketones is 1. The van der Waals surface area contributed by atoms with E-state index in [1.54, 1.807) is 12.1 Å². The number of benzene rings is 1. The smallest absolute Gasteiger partial charge is 0.308 e. The second-order valence-corrected chi connectivity index (χ2v) is 9.43. The Morgan fingerprint density at radius 2 is 1.66 bits per heavy atom. The van der Waals surface area contributed by atoms with E-state index in [0.29, 0.717) is 54.3 Å². The van der Waals surface area contributed by atoms with Crippen molar-refractivity contribution in [1.29, 1.82) is 0 Å². The maximum absolute atomic E-state index is 13.1. The van der Waals surface area contributed by atoms with Gasteiger partial charge in [0.15, 0.2) is 0 Å². The molecule has 3 aliphatic carbocycles. The molecule has 3 aliphatic rings. The van der Waals surface area contributed by atoms with Crippen molar-refractivity contribution < 1.29 is 23.9 Å². The van der Waals surface area contributed by atoms with Gasteiger partial charge in [-0.25, -0.2) is 0 Å². The average molecular weight is 398 g/mol. The standard InChI is InChI=1S/C24H30O5/c1-13(2)16-9-10-24-12-18-17(11-20(24)21(27)6-5-19(16)24)22(28-14(3)25)7-8-23(18)29-15(4)26/h7-8,13,16,19-20H,5-6,9-12H2,1-4H3. The van der Waals surface area contributed by atoms with Crippen molar-refractivity contribution in [3.05, 3.63) is 23.3 Å². The summed E-state index contributed by atoms with van der Waals surface area (Å²) in [6.07, 6.45) is 5.06. The van der Waals surface area contributed by atoms with Crippen LogP contribution in [0.1, 0.15) is 64.5 Å². The summed E-state index contributed by atoms with van der Waals surface area (Å²) in [5.74, 6) is 2.31. The molecule has 4 unspecified atom stereocenters. The number of hydrogen-bond donors (Lipinski definition) is 0. The van der Waals surface area contributed by atoms with Gasteiger partial charge in [0.05, 0.1) is 0 Å². The molecule has 0 amide bonds. The predicted molar refractivity (Wildman–Crippen MR) is 108 cm³/mol. The molecule has 0 aromatic heterocycles. The lowest BCUT2D eigenvalue weighted by Gasteiger charge is -2.50. The van der Waals surface area contributed by atoms with Crippen molar-refractivity contribution in [2.75, 3.05) is 0 Å². The second-order valence-electron chi connectivity index (χ2n) is 9.43. The predicted octanol–water partition coefficient (Wildman–Crippen LogP) is 4.28. The first kappa shape index (κ1) is 20.1. The lowest BCUT2D eigenvalue weighted by atomic mass is 9.53. The molecule has 2 saturated carbocycles. The second kappa shape index (κ2) is 7.26. The Hall–Kier alpha value is -2.17. The van der Waals surface area contributed by atoms with Gasteiger partial charge in [0.25, 0.3) is 0 Å². The van der Waals surface area contributed by atoms with E-state index in [4.69, 9.17) is 9.47 Å². The molecule has 0 bridgehead atoms. The molecule has 156 valence electrons. The molecular weight excluding hydrogens is 368 g/mol. The fraction of sp³-hybridized carbons (Fsp3) is 0.625. The minimum Gasteiger partial charge on any atom is -0.426 e. The van der Waals surface area contributed by atoms with E-state index in [-0.39, 0.29) is 23.3 Å². The minimum atomic E-state index is -0.388. The van der Waals surface area contributed by atoms with Crippen LogP contribution in [0.25, 0.3) is 0 Å². The van der Waals surface area contributed by atoms with Gasteiger partial charge in [-0.2, -0.15) is 0 Å². The first-order valence-electron chi connectivity index (χ1n) is 10.8. The quantitative estimate of drug-likeness (QED) is 0.561. The molecule has 4 atom stereocenters. The first-order chi connectivity index (χ1) is 13.7. The van der Waals surface area contributed by atoms with Gasteiger partial charge >= 0.3 is 11.9 Å². The Morgan fingerprint density at radius 1 is 1.03 bits per heavy atom. The van der Waals surface area contributed by atoms with Crippen LogP contribution in [0.2, 0.25) is 0 Å². The summed E-state index contributed by atoms with van der Waals surface area (Å²) in [5.41, 5.74) is 1.73. The molecular formula is C24H30O5. The number of carbonyl (C=O) groups excluding carboxylic acids is 3. The summed E-state index contributed by atoms with van der Waals surface area (Å²) >= 11 is 0. The van der Waals surface area contributed by atoms with Gasteiger partial charge in [0.1, 0.15) is 17.3 Å². The molecule has 1 spiro atoms. The zero-order valence-corrected chi connectivity index (χ0v) is 17.7. The van der Waals surface area contributed by atoms with Crippen LogP contribution in [-0.2, 0) is 27.2 Å². The number of esters is 2. The largest absolute Gasteiger partial charge is 0.426 e. The third-order valence-corrected chi connectivity index (χ3v) is 7.61. The summed E-state index contributed by atoms with van der Waals surface area (Å²) in [6.45, 7) is 7.35. The zero-order chi connectivity index (χ0) is 20.9. The molecule has 0 saturated heterocycles. The summed E-state index contributed by atoms with van der Waals surface area (Å²) < 4.78 is 11.0. The normalized spacial score (nSPS) is 30.4. The Labute approximate surface area is 172 Å². The molecule has 5 heteroatoms. The van der Waals surface area contributed by atoms with E-state index >= 15 is 0 Å².